The van der Waals surface area contributed by atoms with E-state index in [0.717, 1.165) is 57.4 Å². The van der Waals surface area contributed by atoms with E-state index in [9.17, 15) is 9.59 Å². The number of hydrogen-bond donors (Lipinski definition) is 1. The van der Waals surface area contributed by atoms with Crippen LogP contribution in [0, 0.1) is 5.92 Å². The third-order valence-corrected chi connectivity index (χ3v) is 6.54. The summed E-state index contributed by atoms with van der Waals surface area (Å²) in [5.74, 6) is 1.35. The summed E-state index contributed by atoms with van der Waals surface area (Å²) in [4.78, 5) is 26.8. The Kier molecular flexibility index (Phi) is 5.19. The third-order valence-electron chi connectivity index (χ3n) is 6.54. The second-order valence-corrected chi connectivity index (χ2v) is 8.70. The van der Waals surface area contributed by atoms with E-state index < -0.39 is 0 Å². The fourth-order valence-electron chi connectivity index (χ4n) is 4.61. The molecule has 1 unspecified atom stereocenters. The molecule has 0 spiro atoms. The predicted molar refractivity (Wildman–Crippen MR) is 114 cm³/mol. The zero-order chi connectivity index (χ0) is 20.5. The number of piperidine rings is 1. The molecule has 1 heterocycles. The first-order chi connectivity index (χ1) is 14.7. The van der Waals surface area contributed by atoms with Gasteiger partial charge in [0.05, 0.1) is 6.04 Å². The molecule has 1 saturated carbocycles. The van der Waals surface area contributed by atoms with Gasteiger partial charge in [0.1, 0.15) is 11.9 Å². The summed E-state index contributed by atoms with van der Waals surface area (Å²) in [6.07, 6.45) is 5.93. The molecule has 1 aliphatic heterocycles. The van der Waals surface area contributed by atoms with E-state index in [4.69, 9.17) is 4.74 Å². The number of fused-ring (bicyclic) bond motifs is 1. The van der Waals surface area contributed by atoms with Crippen molar-refractivity contribution < 1.29 is 14.3 Å². The maximum absolute atomic E-state index is 12.7. The van der Waals surface area contributed by atoms with Gasteiger partial charge in [0.25, 0.3) is 5.91 Å². The first-order valence-corrected chi connectivity index (χ1v) is 11.1. The van der Waals surface area contributed by atoms with Crippen LogP contribution in [0.15, 0.2) is 48.5 Å². The van der Waals surface area contributed by atoms with Gasteiger partial charge in [-0.05, 0) is 61.1 Å². The van der Waals surface area contributed by atoms with Crippen molar-refractivity contribution in [3.05, 3.63) is 65.2 Å². The van der Waals surface area contributed by atoms with E-state index in [-0.39, 0.29) is 18.1 Å². The molecule has 5 heteroatoms. The Morgan fingerprint density at radius 2 is 1.63 bits per heavy atom. The molecular weight excluding hydrogens is 376 g/mol. The summed E-state index contributed by atoms with van der Waals surface area (Å²) in [5.41, 5.74) is 3.21. The maximum atomic E-state index is 12.7. The lowest BCUT2D eigenvalue weighted by Crippen LogP contribution is -2.42. The van der Waals surface area contributed by atoms with Crippen LogP contribution in [0.3, 0.4) is 0 Å². The molecule has 5 nitrogen and oxygen atoms in total. The SMILES string of the molecule is O=C(NC1CCc2ccccc21)c1ccc(OC2CCN(C(=O)C3CC3)CC2)cc1. The topological polar surface area (TPSA) is 58.6 Å². The minimum atomic E-state index is -0.0462. The molecule has 0 bridgehead atoms. The van der Waals surface area contributed by atoms with Crippen LogP contribution in [0.5, 0.6) is 5.75 Å². The molecule has 156 valence electrons. The Labute approximate surface area is 177 Å². The quantitative estimate of drug-likeness (QED) is 0.823. The van der Waals surface area contributed by atoms with Crippen LogP contribution in [0.25, 0.3) is 0 Å². The number of aryl methyl sites for hydroxylation is 1. The number of nitrogens with zero attached hydrogens (tertiary/aromatic N) is 1. The van der Waals surface area contributed by atoms with Crippen molar-refractivity contribution in [1.82, 2.24) is 10.2 Å². The number of amides is 2. The number of nitrogens with one attached hydrogen (secondary N) is 1. The van der Waals surface area contributed by atoms with Crippen LogP contribution in [0.2, 0.25) is 0 Å². The number of carbonyl (C=O) groups excluding carboxylic acids is 2. The average Bonchev–Trinajstić information content (AvgIpc) is 3.56. The average molecular weight is 405 g/mol. The Hall–Kier alpha value is -2.82. The highest BCUT2D eigenvalue weighted by molar-refractivity contribution is 5.94. The maximum Gasteiger partial charge on any atom is 0.251 e. The molecular formula is C25H28N2O3. The van der Waals surface area contributed by atoms with Gasteiger partial charge in [0, 0.05) is 37.4 Å². The van der Waals surface area contributed by atoms with E-state index in [0.29, 0.717) is 17.4 Å². The van der Waals surface area contributed by atoms with Crippen LogP contribution in [-0.4, -0.2) is 35.9 Å². The molecule has 0 aromatic heterocycles. The summed E-state index contributed by atoms with van der Waals surface area (Å²) >= 11 is 0. The normalized spacial score (nSPS) is 21.2. The molecule has 2 aromatic carbocycles. The molecule has 2 aliphatic carbocycles. The van der Waals surface area contributed by atoms with Crippen LogP contribution in [0.1, 0.15) is 59.6 Å². The van der Waals surface area contributed by atoms with Gasteiger partial charge in [-0.25, -0.2) is 0 Å². The first-order valence-electron chi connectivity index (χ1n) is 11.1. The number of ether oxygens (including phenoxy) is 1. The highest BCUT2D eigenvalue weighted by Crippen LogP contribution is 2.33. The van der Waals surface area contributed by atoms with E-state index in [2.05, 4.69) is 23.5 Å². The van der Waals surface area contributed by atoms with Crippen LogP contribution in [-0.2, 0) is 11.2 Å². The fraction of sp³-hybridized carbons (Fsp3) is 0.440. The molecule has 2 fully saturated rings. The second kappa shape index (κ2) is 8.13. The van der Waals surface area contributed by atoms with Crippen LogP contribution < -0.4 is 10.1 Å². The van der Waals surface area contributed by atoms with Gasteiger partial charge in [0.15, 0.2) is 0 Å². The molecule has 5 rings (SSSR count). The number of hydrogen-bond acceptors (Lipinski definition) is 3. The second-order valence-electron chi connectivity index (χ2n) is 8.70. The zero-order valence-corrected chi connectivity index (χ0v) is 17.2. The predicted octanol–water partition coefficient (Wildman–Crippen LogP) is 3.88. The molecule has 0 radical (unpaired) electrons. The largest absolute Gasteiger partial charge is 0.490 e. The van der Waals surface area contributed by atoms with E-state index in [1.165, 1.54) is 11.1 Å². The summed E-state index contributed by atoms with van der Waals surface area (Å²) in [6, 6.07) is 15.8. The van der Waals surface area contributed by atoms with Gasteiger partial charge in [0.2, 0.25) is 5.91 Å². The highest BCUT2D eigenvalue weighted by Gasteiger charge is 2.35. The molecule has 1 N–H and O–H groups in total. The minimum Gasteiger partial charge on any atom is -0.490 e. The molecule has 3 aliphatic rings. The molecule has 1 atom stereocenters. The number of likely N-dealkylation sites (tertiary alicyclic amines) is 1. The Balaban J connectivity index is 1.13. The number of benzene rings is 2. The standard InChI is InChI=1S/C25H28N2O3/c28-24(26-23-12-9-17-3-1-2-4-22(17)23)18-7-10-20(11-8-18)30-21-13-15-27(16-14-21)25(29)19-5-6-19/h1-4,7-8,10-11,19,21,23H,5-6,9,12-16H2,(H,26,28). The molecule has 2 amide bonds. The zero-order valence-electron chi connectivity index (χ0n) is 17.2. The van der Waals surface area contributed by atoms with Gasteiger partial charge in [-0.3, -0.25) is 9.59 Å². The van der Waals surface area contributed by atoms with Gasteiger partial charge in [-0.1, -0.05) is 24.3 Å². The van der Waals surface area contributed by atoms with Crippen molar-refractivity contribution >= 4 is 11.8 Å². The van der Waals surface area contributed by atoms with Gasteiger partial charge < -0.3 is 15.0 Å². The summed E-state index contributed by atoms with van der Waals surface area (Å²) in [5, 5.41) is 3.16. The third kappa shape index (κ3) is 4.07. The van der Waals surface area contributed by atoms with E-state index >= 15 is 0 Å². The number of carbonyl (C=O) groups is 2. The molecule has 30 heavy (non-hydrogen) atoms. The van der Waals surface area contributed by atoms with Crippen molar-refractivity contribution in [2.75, 3.05) is 13.1 Å². The van der Waals surface area contributed by atoms with Crippen molar-refractivity contribution in [3.63, 3.8) is 0 Å². The van der Waals surface area contributed by atoms with Gasteiger partial charge >= 0.3 is 0 Å². The highest BCUT2D eigenvalue weighted by atomic mass is 16.5. The number of rotatable bonds is 5. The van der Waals surface area contributed by atoms with E-state index in [1.807, 2.05) is 35.2 Å². The minimum absolute atomic E-state index is 0.0462. The van der Waals surface area contributed by atoms with E-state index in [1.54, 1.807) is 0 Å². The van der Waals surface area contributed by atoms with Crippen molar-refractivity contribution in [2.24, 2.45) is 5.92 Å². The van der Waals surface area contributed by atoms with Crippen molar-refractivity contribution in [1.29, 1.82) is 0 Å². The molecule has 1 saturated heterocycles. The smallest absolute Gasteiger partial charge is 0.251 e. The lowest BCUT2D eigenvalue weighted by molar-refractivity contribution is -0.134. The Bertz CT molecular complexity index is 928. The van der Waals surface area contributed by atoms with Gasteiger partial charge in [-0.15, -0.1) is 0 Å². The van der Waals surface area contributed by atoms with Crippen molar-refractivity contribution in [3.8, 4) is 5.75 Å². The summed E-state index contributed by atoms with van der Waals surface area (Å²) < 4.78 is 6.10. The Morgan fingerprint density at radius 1 is 0.900 bits per heavy atom. The van der Waals surface area contributed by atoms with Crippen LogP contribution >= 0.6 is 0 Å². The lowest BCUT2D eigenvalue weighted by atomic mass is 10.1. The van der Waals surface area contributed by atoms with Crippen LogP contribution in [0.4, 0.5) is 0 Å². The fourth-order valence-corrected chi connectivity index (χ4v) is 4.61. The lowest BCUT2D eigenvalue weighted by Gasteiger charge is -2.32. The first kappa shape index (κ1) is 19.2. The van der Waals surface area contributed by atoms with Gasteiger partial charge in [-0.2, -0.15) is 0 Å². The summed E-state index contributed by atoms with van der Waals surface area (Å²) in [6.45, 7) is 1.56. The molecule has 2 aromatic rings. The van der Waals surface area contributed by atoms with Crippen molar-refractivity contribution in [2.45, 2.75) is 50.7 Å². The summed E-state index contributed by atoms with van der Waals surface area (Å²) in [7, 11) is 0. The monoisotopic (exact) mass is 404 g/mol. The Morgan fingerprint density at radius 3 is 2.37 bits per heavy atom.